The van der Waals surface area contributed by atoms with Crippen molar-refractivity contribution in [2.24, 2.45) is 0 Å². The van der Waals surface area contributed by atoms with Crippen LogP contribution in [0.1, 0.15) is 24.3 Å². The molecule has 2 heterocycles. The van der Waals surface area contributed by atoms with Crippen molar-refractivity contribution in [2.75, 3.05) is 13.1 Å². The first kappa shape index (κ1) is 14.1. The summed E-state index contributed by atoms with van der Waals surface area (Å²) in [5, 5.41) is 0.374. The molecule has 1 saturated heterocycles. The molecule has 7 heteroatoms. The van der Waals surface area contributed by atoms with Crippen LogP contribution in [0.3, 0.4) is 0 Å². The molecule has 0 aromatic carbocycles. The van der Waals surface area contributed by atoms with Crippen LogP contribution in [-0.4, -0.2) is 35.1 Å². The van der Waals surface area contributed by atoms with E-state index in [1.54, 1.807) is 18.3 Å². The number of alkyl halides is 3. The number of hydrogen-bond acceptors (Lipinski definition) is 2. The highest BCUT2D eigenvalue weighted by Crippen LogP contribution is 2.29. The Morgan fingerprint density at radius 3 is 2.74 bits per heavy atom. The molecule has 0 N–H and O–H groups in total. The second-order valence-corrected chi connectivity index (χ2v) is 4.91. The van der Waals surface area contributed by atoms with Gasteiger partial charge < -0.3 is 4.90 Å². The number of rotatable bonds is 3. The molecule has 0 saturated carbocycles. The van der Waals surface area contributed by atoms with E-state index in [4.69, 9.17) is 11.6 Å². The normalized spacial score (nSPS) is 16.3. The number of carbonyl (C=O) groups excluding carboxylic acids is 1. The van der Waals surface area contributed by atoms with Crippen LogP contribution in [0.15, 0.2) is 18.3 Å². The number of likely N-dealkylation sites (tertiary alicyclic amines) is 1. The van der Waals surface area contributed by atoms with Crippen molar-refractivity contribution in [3.8, 4) is 0 Å². The lowest BCUT2D eigenvalue weighted by molar-refractivity contribution is -0.151. The third kappa shape index (κ3) is 3.83. The summed E-state index contributed by atoms with van der Waals surface area (Å²) >= 11 is 5.75. The predicted molar refractivity (Wildman–Crippen MR) is 63.9 cm³/mol. The van der Waals surface area contributed by atoms with Crippen molar-refractivity contribution in [3.05, 3.63) is 29.0 Å². The highest BCUT2D eigenvalue weighted by Gasteiger charge is 2.34. The van der Waals surface area contributed by atoms with E-state index in [1.807, 2.05) is 0 Å². The van der Waals surface area contributed by atoms with E-state index in [-0.39, 0.29) is 5.92 Å². The standard InChI is InChI=1S/C12H12ClF3N2O/c13-10-5-8(2-4-17-10)9-6-18(7-9)11(19)1-3-12(14,15)16/h2,4-5,9H,1,3,6-7H2. The van der Waals surface area contributed by atoms with Gasteiger partial charge in [-0.1, -0.05) is 11.6 Å². The van der Waals surface area contributed by atoms with Gasteiger partial charge in [0.25, 0.3) is 0 Å². The first-order valence-corrected chi connectivity index (χ1v) is 6.19. The molecular formula is C12H12ClF3N2O. The molecule has 1 aliphatic heterocycles. The molecule has 0 radical (unpaired) electrons. The van der Waals surface area contributed by atoms with E-state index >= 15 is 0 Å². The topological polar surface area (TPSA) is 33.2 Å². The van der Waals surface area contributed by atoms with Crippen LogP contribution < -0.4 is 0 Å². The lowest BCUT2D eigenvalue weighted by atomic mass is 9.92. The van der Waals surface area contributed by atoms with E-state index in [0.29, 0.717) is 18.2 Å². The Bertz CT molecular complexity index is 472. The maximum atomic E-state index is 12.0. The molecule has 1 aromatic heterocycles. The lowest BCUT2D eigenvalue weighted by Crippen LogP contribution is -2.48. The Hall–Kier alpha value is -1.30. The van der Waals surface area contributed by atoms with Crippen molar-refractivity contribution < 1.29 is 18.0 Å². The molecule has 2 rings (SSSR count). The minimum Gasteiger partial charge on any atom is -0.341 e. The van der Waals surface area contributed by atoms with Gasteiger partial charge in [0.05, 0.1) is 6.42 Å². The van der Waals surface area contributed by atoms with Crippen LogP contribution in [0.25, 0.3) is 0 Å². The maximum Gasteiger partial charge on any atom is 0.389 e. The van der Waals surface area contributed by atoms with Gasteiger partial charge in [-0.15, -0.1) is 0 Å². The molecule has 19 heavy (non-hydrogen) atoms. The monoisotopic (exact) mass is 292 g/mol. The van der Waals surface area contributed by atoms with E-state index < -0.39 is 24.9 Å². The molecule has 0 bridgehead atoms. The average Bonchev–Trinajstić information content (AvgIpc) is 2.23. The van der Waals surface area contributed by atoms with E-state index in [0.717, 1.165) is 5.56 Å². The fourth-order valence-electron chi connectivity index (χ4n) is 1.97. The van der Waals surface area contributed by atoms with Crippen LogP contribution >= 0.6 is 11.6 Å². The number of pyridine rings is 1. The molecule has 3 nitrogen and oxygen atoms in total. The van der Waals surface area contributed by atoms with E-state index in [9.17, 15) is 18.0 Å². The minimum atomic E-state index is -4.28. The van der Waals surface area contributed by atoms with Crippen LogP contribution in [0, 0.1) is 0 Å². The summed E-state index contributed by atoms with van der Waals surface area (Å²) < 4.78 is 36.0. The Morgan fingerprint density at radius 1 is 1.47 bits per heavy atom. The zero-order chi connectivity index (χ0) is 14.0. The van der Waals surface area contributed by atoms with Gasteiger partial charge in [0.1, 0.15) is 5.15 Å². The van der Waals surface area contributed by atoms with Gasteiger partial charge in [-0.2, -0.15) is 13.2 Å². The Morgan fingerprint density at radius 2 is 2.16 bits per heavy atom. The molecule has 0 atom stereocenters. The zero-order valence-corrected chi connectivity index (χ0v) is 10.7. The third-order valence-electron chi connectivity index (χ3n) is 3.08. The number of hydrogen-bond donors (Lipinski definition) is 0. The number of nitrogens with zero attached hydrogens (tertiary/aromatic N) is 2. The lowest BCUT2D eigenvalue weighted by Gasteiger charge is -2.39. The first-order chi connectivity index (χ1) is 8.85. The molecule has 104 valence electrons. The summed E-state index contributed by atoms with van der Waals surface area (Å²) in [7, 11) is 0. The quantitative estimate of drug-likeness (QED) is 0.803. The van der Waals surface area contributed by atoms with Crippen molar-refractivity contribution >= 4 is 17.5 Å². The van der Waals surface area contributed by atoms with Gasteiger partial charge in [0.2, 0.25) is 5.91 Å². The molecule has 0 spiro atoms. The summed E-state index contributed by atoms with van der Waals surface area (Å²) in [6.07, 6.45) is -4.24. The molecule has 1 fully saturated rings. The fraction of sp³-hybridized carbons (Fsp3) is 0.500. The van der Waals surface area contributed by atoms with Gasteiger partial charge in [-0.05, 0) is 17.7 Å². The summed E-state index contributed by atoms with van der Waals surface area (Å²) in [4.78, 5) is 16.8. The van der Waals surface area contributed by atoms with E-state index in [2.05, 4.69) is 4.98 Å². The van der Waals surface area contributed by atoms with Crippen LogP contribution in [0.4, 0.5) is 13.2 Å². The zero-order valence-electron chi connectivity index (χ0n) is 9.95. The largest absolute Gasteiger partial charge is 0.389 e. The third-order valence-corrected chi connectivity index (χ3v) is 3.29. The summed E-state index contributed by atoms with van der Waals surface area (Å²) in [5.74, 6) is -0.316. The molecule has 1 aromatic rings. The smallest absolute Gasteiger partial charge is 0.341 e. The Balaban J connectivity index is 1.81. The van der Waals surface area contributed by atoms with Gasteiger partial charge in [0, 0.05) is 31.6 Å². The van der Waals surface area contributed by atoms with Gasteiger partial charge in [0.15, 0.2) is 0 Å². The van der Waals surface area contributed by atoms with Gasteiger partial charge >= 0.3 is 6.18 Å². The SMILES string of the molecule is O=C(CCC(F)(F)F)N1CC(c2ccnc(Cl)c2)C1. The second-order valence-electron chi connectivity index (χ2n) is 4.52. The number of halogens is 4. The van der Waals surface area contributed by atoms with Crippen LogP contribution in [0.5, 0.6) is 0 Å². The minimum absolute atomic E-state index is 0.135. The number of aromatic nitrogens is 1. The van der Waals surface area contributed by atoms with Crippen molar-refractivity contribution in [2.45, 2.75) is 24.9 Å². The molecule has 0 unspecified atom stereocenters. The van der Waals surface area contributed by atoms with Gasteiger partial charge in [-0.3, -0.25) is 4.79 Å². The highest BCUT2D eigenvalue weighted by molar-refractivity contribution is 6.29. The molecule has 1 aliphatic rings. The highest BCUT2D eigenvalue weighted by atomic mass is 35.5. The van der Waals surface area contributed by atoms with Crippen molar-refractivity contribution in [3.63, 3.8) is 0 Å². The second kappa shape index (κ2) is 5.36. The van der Waals surface area contributed by atoms with Crippen molar-refractivity contribution in [1.82, 2.24) is 9.88 Å². The molecule has 1 amide bonds. The molecule has 0 aliphatic carbocycles. The van der Waals surface area contributed by atoms with Gasteiger partial charge in [-0.25, -0.2) is 4.98 Å². The average molecular weight is 293 g/mol. The Labute approximate surface area is 113 Å². The predicted octanol–water partition coefficient (Wildman–Crippen LogP) is 3.00. The fourth-order valence-corrected chi connectivity index (χ4v) is 2.15. The van der Waals surface area contributed by atoms with Crippen LogP contribution in [0.2, 0.25) is 5.15 Å². The maximum absolute atomic E-state index is 12.0. The number of amides is 1. The molecular weight excluding hydrogens is 281 g/mol. The number of carbonyl (C=O) groups is 1. The summed E-state index contributed by atoms with van der Waals surface area (Å²) in [6, 6.07) is 3.51. The summed E-state index contributed by atoms with van der Waals surface area (Å²) in [5.41, 5.74) is 0.958. The van der Waals surface area contributed by atoms with Crippen LogP contribution in [-0.2, 0) is 4.79 Å². The van der Waals surface area contributed by atoms with E-state index in [1.165, 1.54) is 4.90 Å². The Kier molecular flexibility index (Phi) is 3.99. The first-order valence-electron chi connectivity index (χ1n) is 5.81. The summed E-state index contributed by atoms with van der Waals surface area (Å²) in [6.45, 7) is 0.883. The van der Waals surface area contributed by atoms with Crippen molar-refractivity contribution in [1.29, 1.82) is 0 Å².